The first kappa shape index (κ1) is 11.6. The van der Waals surface area contributed by atoms with E-state index in [2.05, 4.69) is 6.92 Å². The molecule has 0 aliphatic heterocycles. The molecule has 0 aliphatic rings. The lowest BCUT2D eigenvalue weighted by Gasteiger charge is -2.07. The van der Waals surface area contributed by atoms with Crippen LogP contribution < -0.4 is 4.74 Å². The van der Waals surface area contributed by atoms with Crippen molar-refractivity contribution in [3.63, 3.8) is 0 Å². The molecule has 0 spiro atoms. The third-order valence-corrected chi connectivity index (χ3v) is 2.34. The molecule has 0 saturated heterocycles. The predicted octanol–water partition coefficient (Wildman–Crippen LogP) is 2.74. The van der Waals surface area contributed by atoms with Gasteiger partial charge in [0, 0.05) is 0 Å². The van der Waals surface area contributed by atoms with Gasteiger partial charge in [-0.2, -0.15) is 0 Å². The topological polar surface area (TPSA) is 46.5 Å². The lowest BCUT2D eigenvalue weighted by atomic mass is 10.0. The average Bonchev–Trinajstić information content (AvgIpc) is 2.25. The van der Waals surface area contributed by atoms with Crippen LogP contribution in [-0.2, 0) is 6.42 Å². The van der Waals surface area contributed by atoms with Gasteiger partial charge < -0.3 is 9.84 Å². The van der Waals surface area contributed by atoms with Crippen molar-refractivity contribution < 1.29 is 14.6 Å². The molecule has 0 unspecified atom stereocenters. The van der Waals surface area contributed by atoms with Crippen molar-refractivity contribution in [1.29, 1.82) is 0 Å². The molecule has 15 heavy (non-hydrogen) atoms. The van der Waals surface area contributed by atoms with Crippen LogP contribution in [0.5, 0.6) is 5.75 Å². The lowest BCUT2D eigenvalue weighted by Crippen LogP contribution is -2.03. The summed E-state index contributed by atoms with van der Waals surface area (Å²) < 4.78 is 5.08. The van der Waals surface area contributed by atoms with Crippen LogP contribution in [0, 0.1) is 0 Å². The van der Waals surface area contributed by atoms with Crippen LogP contribution >= 0.6 is 0 Å². The van der Waals surface area contributed by atoms with Crippen molar-refractivity contribution in [1.82, 2.24) is 0 Å². The number of hydrogen-bond donors (Lipinski definition) is 1. The van der Waals surface area contributed by atoms with Crippen molar-refractivity contribution in [2.75, 3.05) is 7.11 Å². The SMILES string of the molecule is CCCCc1cc(OC)ccc1C(=O)O. The van der Waals surface area contributed by atoms with E-state index in [0.717, 1.165) is 24.8 Å². The zero-order chi connectivity index (χ0) is 11.3. The predicted molar refractivity (Wildman–Crippen MR) is 58.6 cm³/mol. The van der Waals surface area contributed by atoms with Crippen LogP contribution in [0.1, 0.15) is 35.7 Å². The molecule has 0 aliphatic carbocycles. The Morgan fingerprint density at radius 3 is 2.73 bits per heavy atom. The minimum Gasteiger partial charge on any atom is -0.497 e. The molecule has 0 saturated carbocycles. The molecule has 1 rings (SSSR count). The standard InChI is InChI=1S/C12H16O3/c1-3-4-5-9-8-10(15-2)6-7-11(9)12(13)14/h6-8H,3-5H2,1-2H3,(H,13,14). The number of benzene rings is 1. The Balaban J connectivity index is 2.99. The lowest BCUT2D eigenvalue weighted by molar-refractivity contribution is 0.0695. The number of rotatable bonds is 5. The van der Waals surface area contributed by atoms with Crippen LogP contribution in [0.3, 0.4) is 0 Å². The molecule has 0 radical (unpaired) electrons. The maximum Gasteiger partial charge on any atom is 0.335 e. The molecule has 3 nitrogen and oxygen atoms in total. The van der Waals surface area contributed by atoms with Gasteiger partial charge in [-0.15, -0.1) is 0 Å². The van der Waals surface area contributed by atoms with E-state index in [1.807, 2.05) is 0 Å². The molecule has 1 aromatic carbocycles. The highest BCUT2D eigenvalue weighted by atomic mass is 16.5. The second-order valence-corrected chi connectivity index (χ2v) is 3.43. The summed E-state index contributed by atoms with van der Waals surface area (Å²) in [5.41, 5.74) is 1.23. The van der Waals surface area contributed by atoms with Gasteiger partial charge in [0.1, 0.15) is 5.75 Å². The van der Waals surface area contributed by atoms with Gasteiger partial charge in [0.2, 0.25) is 0 Å². The summed E-state index contributed by atoms with van der Waals surface area (Å²) in [6.45, 7) is 2.08. The molecular weight excluding hydrogens is 192 g/mol. The second-order valence-electron chi connectivity index (χ2n) is 3.43. The van der Waals surface area contributed by atoms with E-state index in [0.29, 0.717) is 11.3 Å². The Bertz CT molecular complexity index is 345. The summed E-state index contributed by atoms with van der Waals surface area (Å²) in [6, 6.07) is 5.09. The molecule has 0 atom stereocenters. The van der Waals surface area contributed by atoms with Crippen LogP contribution in [-0.4, -0.2) is 18.2 Å². The Hall–Kier alpha value is -1.51. The molecule has 82 valence electrons. The van der Waals surface area contributed by atoms with E-state index < -0.39 is 5.97 Å². The fraction of sp³-hybridized carbons (Fsp3) is 0.417. The van der Waals surface area contributed by atoms with E-state index in [9.17, 15) is 4.79 Å². The highest BCUT2D eigenvalue weighted by Crippen LogP contribution is 2.19. The monoisotopic (exact) mass is 208 g/mol. The van der Waals surface area contributed by atoms with Crippen LogP contribution in [0.25, 0.3) is 0 Å². The Morgan fingerprint density at radius 2 is 2.20 bits per heavy atom. The maximum absolute atomic E-state index is 10.9. The molecule has 1 N–H and O–H groups in total. The minimum absolute atomic E-state index is 0.379. The summed E-state index contributed by atoms with van der Waals surface area (Å²) >= 11 is 0. The largest absolute Gasteiger partial charge is 0.497 e. The first-order valence-corrected chi connectivity index (χ1v) is 5.09. The highest BCUT2D eigenvalue weighted by molar-refractivity contribution is 5.89. The fourth-order valence-corrected chi connectivity index (χ4v) is 1.48. The molecule has 0 aromatic heterocycles. The van der Waals surface area contributed by atoms with Crippen molar-refractivity contribution in [3.8, 4) is 5.75 Å². The van der Waals surface area contributed by atoms with Gasteiger partial charge in [0.15, 0.2) is 0 Å². The van der Waals surface area contributed by atoms with Gasteiger partial charge in [-0.25, -0.2) is 4.79 Å². The Kier molecular flexibility index (Phi) is 4.16. The number of unbranched alkanes of at least 4 members (excludes halogenated alkanes) is 1. The third-order valence-electron chi connectivity index (χ3n) is 2.34. The zero-order valence-electron chi connectivity index (χ0n) is 9.12. The zero-order valence-corrected chi connectivity index (χ0v) is 9.12. The second kappa shape index (κ2) is 5.39. The van der Waals surface area contributed by atoms with Gasteiger partial charge in [-0.3, -0.25) is 0 Å². The summed E-state index contributed by atoms with van der Waals surface area (Å²) in [6.07, 6.45) is 2.83. The summed E-state index contributed by atoms with van der Waals surface area (Å²) in [7, 11) is 1.58. The van der Waals surface area contributed by atoms with Gasteiger partial charge in [0.05, 0.1) is 12.7 Å². The molecule has 3 heteroatoms. The van der Waals surface area contributed by atoms with Gasteiger partial charge >= 0.3 is 5.97 Å². The van der Waals surface area contributed by atoms with Crippen molar-refractivity contribution >= 4 is 5.97 Å². The third kappa shape index (κ3) is 2.98. The van der Waals surface area contributed by atoms with E-state index in [-0.39, 0.29) is 0 Å². The minimum atomic E-state index is -0.872. The number of carboxylic acid groups (broad SMARTS) is 1. The fourth-order valence-electron chi connectivity index (χ4n) is 1.48. The smallest absolute Gasteiger partial charge is 0.335 e. The molecule has 0 bridgehead atoms. The van der Waals surface area contributed by atoms with E-state index in [1.165, 1.54) is 0 Å². The molecule has 0 amide bonds. The van der Waals surface area contributed by atoms with Gasteiger partial charge in [-0.05, 0) is 36.6 Å². The summed E-state index contributed by atoms with van der Waals surface area (Å²) in [5.74, 6) is -0.158. The number of methoxy groups -OCH3 is 1. The van der Waals surface area contributed by atoms with Crippen LogP contribution in [0.2, 0.25) is 0 Å². The van der Waals surface area contributed by atoms with Gasteiger partial charge in [-0.1, -0.05) is 13.3 Å². The van der Waals surface area contributed by atoms with Crippen LogP contribution in [0.4, 0.5) is 0 Å². The number of carbonyl (C=O) groups is 1. The van der Waals surface area contributed by atoms with Crippen molar-refractivity contribution in [2.24, 2.45) is 0 Å². The average molecular weight is 208 g/mol. The number of ether oxygens (including phenoxy) is 1. The number of hydrogen-bond acceptors (Lipinski definition) is 2. The van der Waals surface area contributed by atoms with Gasteiger partial charge in [0.25, 0.3) is 0 Å². The normalized spacial score (nSPS) is 10.0. The number of aryl methyl sites for hydroxylation is 1. The van der Waals surface area contributed by atoms with Crippen LogP contribution in [0.15, 0.2) is 18.2 Å². The first-order valence-electron chi connectivity index (χ1n) is 5.09. The molecule has 1 aromatic rings. The number of carboxylic acids is 1. The van der Waals surface area contributed by atoms with E-state index in [1.54, 1.807) is 25.3 Å². The number of aromatic carboxylic acids is 1. The summed E-state index contributed by atoms with van der Waals surface area (Å²) in [5, 5.41) is 8.99. The Labute approximate surface area is 89.7 Å². The van der Waals surface area contributed by atoms with Crippen molar-refractivity contribution in [2.45, 2.75) is 26.2 Å². The summed E-state index contributed by atoms with van der Waals surface area (Å²) in [4.78, 5) is 10.9. The molecular formula is C12H16O3. The first-order chi connectivity index (χ1) is 7.19. The molecule has 0 heterocycles. The maximum atomic E-state index is 10.9. The van der Waals surface area contributed by atoms with E-state index >= 15 is 0 Å². The van der Waals surface area contributed by atoms with E-state index in [4.69, 9.17) is 9.84 Å². The molecule has 0 fully saturated rings. The quantitative estimate of drug-likeness (QED) is 0.809. The van der Waals surface area contributed by atoms with Crippen molar-refractivity contribution in [3.05, 3.63) is 29.3 Å². The Morgan fingerprint density at radius 1 is 1.47 bits per heavy atom. The highest BCUT2D eigenvalue weighted by Gasteiger charge is 2.10.